The van der Waals surface area contributed by atoms with Gasteiger partial charge in [-0.25, -0.2) is 0 Å². The second-order valence-electron chi connectivity index (χ2n) is 6.86. The SMILES string of the molecule is COC(=O)C[C@@H]1CCN(C)CC1c1cc(C)c(C)c(C)c1C. The maximum Gasteiger partial charge on any atom is 0.305 e. The van der Waals surface area contributed by atoms with E-state index in [4.69, 9.17) is 4.74 Å². The minimum atomic E-state index is -0.0854. The Kier molecular flexibility index (Phi) is 5.28. The second-order valence-corrected chi connectivity index (χ2v) is 6.86. The summed E-state index contributed by atoms with van der Waals surface area (Å²) in [4.78, 5) is 14.2. The standard InChI is InChI=1S/C19H29NO2/c1-12-9-17(15(4)14(3)13(12)2)18-11-20(5)8-7-16(18)10-19(21)22-6/h9,16,18H,7-8,10-11H2,1-6H3/t16-,18?/m0/s1. The van der Waals surface area contributed by atoms with E-state index in [1.54, 1.807) is 0 Å². The van der Waals surface area contributed by atoms with Gasteiger partial charge in [0.15, 0.2) is 0 Å². The molecule has 0 amide bonds. The topological polar surface area (TPSA) is 29.5 Å². The van der Waals surface area contributed by atoms with E-state index in [2.05, 4.69) is 45.7 Å². The van der Waals surface area contributed by atoms with E-state index in [0.717, 1.165) is 19.5 Å². The Labute approximate surface area is 134 Å². The Morgan fingerprint density at radius 1 is 1.23 bits per heavy atom. The van der Waals surface area contributed by atoms with Crippen LogP contribution in [0.2, 0.25) is 0 Å². The van der Waals surface area contributed by atoms with Crippen LogP contribution < -0.4 is 0 Å². The Balaban J connectivity index is 2.39. The minimum Gasteiger partial charge on any atom is -0.469 e. The number of piperidine rings is 1. The average Bonchev–Trinajstić information content (AvgIpc) is 2.50. The molecule has 1 aliphatic rings. The molecule has 0 N–H and O–H groups in total. The van der Waals surface area contributed by atoms with Gasteiger partial charge in [-0.2, -0.15) is 0 Å². The van der Waals surface area contributed by atoms with Gasteiger partial charge in [0.2, 0.25) is 0 Å². The van der Waals surface area contributed by atoms with Crippen LogP contribution in [0, 0.1) is 33.6 Å². The zero-order valence-corrected chi connectivity index (χ0v) is 14.8. The summed E-state index contributed by atoms with van der Waals surface area (Å²) in [5.41, 5.74) is 6.93. The van der Waals surface area contributed by atoms with Crippen LogP contribution >= 0.6 is 0 Å². The van der Waals surface area contributed by atoms with Gasteiger partial charge in [0.1, 0.15) is 0 Å². The van der Waals surface area contributed by atoms with E-state index in [0.29, 0.717) is 18.3 Å². The number of methoxy groups -OCH3 is 1. The molecule has 0 aliphatic carbocycles. The predicted molar refractivity (Wildman–Crippen MR) is 90.4 cm³/mol. The number of rotatable bonds is 3. The molecule has 1 aliphatic heterocycles. The molecule has 122 valence electrons. The van der Waals surface area contributed by atoms with Crippen molar-refractivity contribution in [1.82, 2.24) is 4.90 Å². The quantitative estimate of drug-likeness (QED) is 0.800. The van der Waals surface area contributed by atoms with E-state index >= 15 is 0 Å². The number of carbonyl (C=O) groups excluding carboxylic acids is 1. The lowest BCUT2D eigenvalue weighted by atomic mass is 9.76. The van der Waals surface area contributed by atoms with Gasteiger partial charge in [-0.05, 0) is 81.4 Å². The average molecular weight is 303 g/mol. The van der Waals surface area contributed by atoms with Crippen LogP contribution in [0.25, 0.3) is 0 Å². The smallest absolute Gasteiger partial charge is 0.305 e. The number of likely N-dealkylation sites (tertiary alicyclic amines) is 1. The van der Waals surface area contributed by atoms with Crippen LogP contribution in [0.1, 0.15) is 46.6 Å². The monoisotopic (exact) mass is 303 g/mol. The molecule has 1 aromatic carbocycles. The summed E-state index contributed by atoms with van der Waals surface area (Å²) < 4.78 is 4.91. The third-order valence-electron chi connectivity index (χ3n) is 5.54. The number of aryl methyl sites for hydroxylation is 1. The number of hydrogen-bond acceptors (Lipinski definition) is 3. The number of hydrogen-bond donors (Lipinski definition) is 0. The van der Waals surface area contributed by atoms with Crippen molar-refractivity contribution < 1.29 is 9.53 Å². The van der Waals surface area contributed by atoms with E-state index in [9.17, 15) is 4.79 Å². The molecule has 1 heterocycles. The van der Waals surface area contributed by atoms with E-state index in [1.165, 1.54) is 34.9 Å². The molecule has 0 aromatic heterocycles. The lowest BCUT2D eigenvalue weighted by molar-refractivity contribution is -0.142. The zero-order valence-electron chi connectivity index (χ0n) is 14.8. The van der Waals surface area contributed by atoms with Gasteiger partial charge in [0.05, 0.1) is 7.11 Å². The highest BCUT2D eigenvalue weighted by molar-refractivity contribution is 5.69. The highest BCUT2D eigenvalue weighted by atomic mass is 16.5. The first-order chi connectivity index (χ1) is 10.3. The number of benzene rings is 1. The van der Waals surface area contributed by atoms with Crippen LogP contribution in [0.3, 0.4) is 0 Å². The first-order valence-corrected chi connectivity index (χ1v) is 8.17. The van der Waals surface area contributed by atoms with Gasteiger partial charge < -0.3 is 9.64 Å². The molecule has 3 nitrogen and oxygen atoms in total. The lowest BCUT2D eigenvalue weighted by Gasteiger charge is -2.38. The molecule has 0 spiro atoms. The van der Waals surface area contributed by atoms with Crippen molar-refractivity contribution in [1.29, 1.82) is 0 Å². The number of esters is 1. The van der Waals surface area contributed by atoms with Gasteiger partial charge in [-0.15, -0.1) is 0 Å². The van der Waals surface area contributed by atoms with Crippen LogP contribution in [0.4, 0.5) is 0 Å². The van der Waals surface area contributed by atoms with E-state index in [1.807, 2.05) is 0 Å². The highest BCUT2D eigenvalue weighted by Crippen LogP contribution is 2.38. The molecule has 1 saturated heterocycles. The minimum absolute atomic E-state index is 0.0854. The fourth-order valence-electron chi connectivity index (χ4n) is 3.69. The molecule has 2 atom stereocenters. The molecular weight excluding hydrogens is 274 g/mol. The number of nitrogens with zero attached hydrogens (tertiary/aromatic N) is 1. The zero-order chi connectivity index (χ0) is 16.4. The van der Waals surface area contributed by atoms with Crippen molar-refractivity contribution in [2.24, 2.45) is 5.92 Å². The van der Waals surface area contributed by atoms with E-state index in [-0.39, 0.29) is 5.97 Å². The van der Waals surface area contributed by atoms with Crippen LogP contribution in [-0.2, 0) is 9.53 Å². The predicted octanol–water partition coefficient (Wildman–Crippen LogP) is 3.52. The molecule has 0 bridgehead atoms. The Morgan fingerprint density at radius 2 is 1.91 bits per heavy atom. The summed E-state index contributed by atoms with van der Waals surface area (Å²) in [7, 11) is 3.66. The molecule has 0 radical (unpaired) electrons. The second kappa shape index (κ2) is 6.82. The third-order valence-corrected chi connectivity index (χ3v) is 5.54. The number of ether oxygens (including phenoxy) is 1. The highest BCUT2D eigenvalue weighted by Gasteiger charge is 2.32. The summed E-state index contributed by atoms with van der Waals surface area (Å²) in [6.07, 6.45) is 1.59. The Bertz CT molecular complexity index is 565. The number of likely N-dealkylation sites (N-methyl/N-ethyl adjacent to an activating group) is 1. The first kappa shape index (κ1) is 17.0. The van der Waals surface area contributed by atoms with Crippen LogP contribution in [0.15, 0.2) is 6.07 Å². The van der Waals surface area contributed by atoms with Crippen molar-refractivity contribution in [2.75, 3.05) is 27.2 Å². The van der Waals surface area contributed by atoms with Gasteiger partial charge in [-0.1, -0.05) is 6.07 Å². The van der Waals surface area contributed by atoms with Gasteiger partial charge in [0.25, 0.3) is 0 Å². The lowest BCUT2D eigenvalue weighted by Crippen LogP contribution is -2.38. The third kappa shape index (κ3) is 3.35. The van der Waals surface area contributed by atoms with Gasteiger partial charge in [-0.3, -0.25) is 4.79 Å². The molecule has 1 aromatic rings. The van der Waals surface area contributed by atoms with Gasteiger partial charge >= 0.3 is 5.97 Å². The van der Waals surface area contributed by atoms with Crippen molar-refractivity contribution in [2.45, 2.75) is 46.5 Å². The molecular formula is C19H29NO2. The maximum absolute atomic E-state index is 11.8. The molecule has 1 unspecified atom stereocenters. The first-order valence-electron chi connectivity index (χ1n) is 8.17. The van der Waals surface area contributed by atoms with Crippen molar-refractivity contribution >= 4 is 5.97 Å². The van der Waals surface area contributed by atoms with Crippen molar-refractivity contribution in [3.63, 3.8) is 0 Å². The van der Waals surface area contributed by atoms with Crippen molar-refractivity contribution in [3.05, 3.63) is 33.9 Å². The normalized spacial score (nSPS) is 22.6. The largest absolute Gasteiger partial charge is 0.469 e. The molecule has 3 heteroatoms. The van der Waals surface area contributed by atoms with Crippen molar-refractivity contribution in [3.8, 4) is 0 Å². The Morgan fingerprint density at radius 3 is 2.55 bits per heavy atom. The summed E-state index contributed by atoms with van der Waals surface area (Å²) >= 11 is 0. The molecule has 22 heavy (non-hydrogen) atoms. The van der Waals surface area contributed by atoms with E-state index < -0.39 is 0 Å². The summed E-state index contributed by atoms with van der Waals surface area (Å²) in [6, 6.07) is 2.34. The van der Waals surface area contributed by atoms with Crippen LogP contribution in [-0.4, -0.2) is 38.1 Å². The summed E-state index contributed by atoms with van der Waals surface area (Å²) in [5, 5.41) is 0. The van der Waals surface area contributed by atoms with Gasteiger partial charge in [0, 0.05) is 18.9 Å². The molecule has 1 fully saturated rings. The Hall–Kier alpha value is -1.35. The number of carbonyl (C=O) groups is 1. The molecule has 0 saturated carbocycles. The maximum atomic E-state index is 11.8. The molecule has 2 rings (SSSR count). The van der Waals surface area contributed by atoms with Crippen LogP contribution in [0.5, 0.6) is 0 Å². The fourth-order valence-corrected chi connectivity index (χ4v) is 3.69. The summed E-state index contributed by atoms with van der Waals surface area (Å²) in [5.74, 6) is 0.706. The summed E-state index contributed by atoms with van der Waals surface area (Å²) in [6.45, 7) is 10.9. The fraction of sp³-hybridized carbons (Fsp3) is 0.632.